The molecule has 0 fully saturated rings. The lowest BCUT2D eigenvalue weighted by Crippen LogP contribution is -1.72. The van der Waals surface area contributed by atoms with Crippen molar-refractivity contribution in [2.24, 2.45) is 0 Å². The third-order valence-corrected chi connectivity index (χ3v) is 0.132. The Kier molecular flexibility index (Phi) is 1.50. The van der Waals surface area contributed by atoms with Gasteiger partial charge in [-0.3, -0.25) is 0 Å². The minimum Gasteiger partial charge on any atom is -0.521 e. The van der Waals surface area contributed by atoms with Gasteiger partial charge in [0, 0.05) is 0 Å². The number of rotatable bonds is 0. The Hall–Kier alpha value is -0.595. The first kappa shape index (κ1) is 4.40. The van der Waals surface area contributed by atoms with E-state index >= 15 is 0 Å². The predicted octanol–water partition coefficient (Wildman–Crippen LogP) is 0.0698. The van der Waals surface area contributed by atoms with Crippen molar-refractivity contribution in [2.45, 2.75) is 0 Å². The Morgan fingerprint density at radius 3 is 2.00 bits per heavy atom. The SMILES string of the molecule is [B]C(O)=CO. The lowest BCUT2D eigenvalue weighted by atomic mass is 10.1. The summed E-state index contributed by atoms with van der Waals surface area (Å²) in [5.74, 6) is 0. The molecule has 0 saturated carbocycles. The van der Waals surface area contributed by atoms with Crippen LogP contribution in [0.25, 0.3) is 0 Å². The summed E-state index contributed by atoms with van der Waals surface area (Å²) >= 11 is 0. The molecule has 0 amide bonds. The molecule has 0 atom stereocenters. The van der Waals surface area contributed by atoms with E-state index in [1.54, 1.807) is 0 Å². The second-order valence-corrected chi connectivity index (χ2v) is 0.554. The summed E-state index contributed by atoms with van der Waals surface area (Å²) in [4.78, 5) is 0. The van der Waals surface area contributed by atoms with Gasteiger partial charge in [0.1, 0.15) is 6.26 Å². The maximum absolute atomic E-state index is 7.75. The lowest BCUT2D eigenvalue weighted by Gasteiger charge is -1.75. The molecule has 2 radical (unpaired) electrons. The van der Waals surface area contributed by atoms with Crippen LogP contribution in [-0.2, 0) is 0 Å². The van der Waals surface area contributed by atoms with Crippen LogP contribution >= 0.6 is 0 Å². The van der Waals surface area contributed by atoms with E-state index in [4.69, 9.17) is 10.2 Å². The zero-order valence-corrected chi connectivity index (χ0v) is 2.55. The van der Waals surface area contributed by atoms with Gasteiger partial charge in [-0.1, -0.05) is 0 Å². The summed E-state index contributed by atoms with van der Waals surface area (Å²) in [5, 5.41) is 15.4. The molecular formula is C2H3BO2. The van der Waals surface area contributed by atoms with Gasteiger partial charge in [-0.05, 0) is 0 Å². The average molecular weight is 69.9 g/mol. The minimum atomic E-state index is -0.565. The van der Waals surface area contributed by atoms with Gasteiger partial charge in [0.25, 0.3) is 0 Å². The molecule has 0 aromatic carbocycles. The van der Waals surface area contributed by atoms with Crippen molar-refractivity contribution in [2.75, 3.05) is 0 Å². The van der Waals surface area contributed by atoms with E-state index in [2.05, 4.69) is 7.85 Å². The molecule has 0 aliphatic heterocycles. The van der Waals surface area contributed by atoms with E-state index in [1.165, 1.54) is 0 Å². The molecule has 0 aliphatic carbocycles. The number of aliphatic hydroxyl groups is 2. The third-order valence-electron chi connectivity index (χ3n) is 0.132. The Balaban J connectivity index is 3.14. The summed E-state index contributed by atoms with van der Waals surface area (Å²) in [5.41, 5.74) is -0.565. The van der Waals surface area contributed by atoms with Gasteiger partial charge in [0.05, 0.1) is 5.66 Å². The van der Waals surface area contributed by atoms with Gasteiger partial charge >= 0.3 is 0 Å². The van der Waals surface area contributed by atoms with Crippen LogP contribution in [0.15, 0.2) is 11.9 Å². The molecule has 0 saturated heterocycles. The standard InChI is InChI=1S/C2H3BO2/c3-2(5)1-4/h1,4-5H. The quantitative estimate of drug-likeness (QED) is 0.312. The smallest absolute Gasteiger partial charge is 0.170 e. The van der Waals surface area contributed by atoms with E-state index in [0.29, 0.717) is 6.26 Å². The van der Waals surface area contributed by atoms with Crippen molar-refractivity contribution in [3.8, 4) is 0 Å². The van der Waals surface area contributed by atoms with Gasteiger partial charge in [-0.25, -0.2) is 0 Å². The molecule has 26 valence electrons. The molecule has 0 spiro atoms. The zero-order valence-electron chi connectivity index (χ0n) is 2.55. The van der Waals surface area contributed by atoms with E-state index in [-0.39, 0.29) is 0 Å². The van der Waals surface area contributed by atoms with Crippen molar-refractivity contribution in [1.29, 1.82) is 0 Å². The van der Waals surface area contributed by atoms with E-state index in [0.717, 1.165) is 0 Å². The largest absolute Gasteiger partial charge is 0.521 e. The Morgan fingerprint density at radius 2 is 2.00 bits per heavy atom. The van der Waals surface area contributed by atoms with Gasteiger partial charge in [-0.15, -0.1) is 0 Å². The summed E-state index contributed by atoms with van der Waals surface area (Å²) in [6.07, 6.45) is 0.417. The number of aliphatic hydroxyl groups excluding tert-OH is 2. The van der Waals surface area contributed by atoms with Crippen molar-refractivity contribution >= 4 is 7.85 Å². The Bertz CT molecular complexity index is 45.6. The molecule has 0 heterocycles. The Morgan fingerprint density at radius 1 is 1.80 bits per heavy atom. The van der Waals surface area contributed by atoms with E-state index in [9.17, 15) is 0 Å². The molecular weight excluding hydrogens is 66.8 g/mol. The Labute approximate surface area is 31.2 Å². The maximum atomic E-state index is 7.75. The van der Waals surface area contributed by atoms with Crippen LogP contribution in [0.4, 0.5) is 0 Å². The van der Waals surface area contributed by atoms with Crippen LogP contribution in [0.3, 0.4) is 0 Å². The fourth-order valence-electron chi connectivity index (χ4n) is 0. The molecule has 2 N–H and O–H groups in total. The summed E-state index contributed by atoms with van der Waals surface area (Å²) in [6.45, 7) is 0. The van der Waals surface area contributed by atoms with Crippen LogP contribution in [0.1, 0.15) is 0 Å². The fourth-order valence-corrected chi connectivity index (χ4v) is 0. The highest BCUT2D eigenvalue weighted by atomic mass is 16.3. The molecule has 3 heteroatoms. The molecule has 0 bridgehead atoms. The first-order valence-electron chi connectivity index (χ1n) is 1.06. The monoisotopic (exact) mass is 70.0 g/mol. The second kappa shape index (κ2) is 1.70. The highest BCUT2D eigenvalue weighted by Gasteiger charge is 1.66. The van der Waals surface area contributed by atoms with Crippen molar-refractivity contribution in [3.05, 3.63) is 11.9 Å². The van der Waals surface area contributed by atoms with Gasteiger partial charge in [0.15, 0.2) is 7.85 Å². The van der Waals surface area contributed by atoms with Crippen LogP contribution < -0.4 is 0 Å². The topological polar surface area (TPSA) is 40.5 Å². The number of hydrogen-bond donors (Lipinski definition) is 2. The van der Waals surface area contributed by atoms with Crippen molar-refractivity contribution in [3.63, 3.8) is 0 Å². The first-order chi connectivity index (χ1) is 2.27. The van der Waals surface area contributed by atoms with Crippen LogP contribution in [-0.4, -0.2) is 18.1 Å². The van der Waals surface area contributed by atoms with Crippen LogP contribution in [0, 0.1) is 0 Å². The van der Waals surface area contributed by atoms with Crippen LogP contribution in [0.2, 0.25) is 0 Å². The van der Waals surface area contributed by atoms with Gasteiger partial charge in [0.2, 0.25) is 0 Å². The molecule has 5 heavy (non-hydrogen) atoms. The predicted molar refractivity (Wildman–Crippen MR) is 19.1 cm³/mol. The highest BCUT2D eigenvalue weighted by Crippen LogP contribution is 1.66. The van der Waals surface area contributed by atoms with E-state index in [1.807, 2.05) is 0 Å². The number of hydrogen-bond acceptors (Lipinski definition) is 2. The second-order valence-electron chi connectivity index (χ2n) is 0.554. The molecule has 0 aromatic heterocycles. The highest BCUT2D eigenvalue weighted by molar-refractivity contribution is 6.19. The molecule has 0 aliphatic rings. The van der Waals surface area contributed by atoms with Crippen molar-refractivity contribution in [1.82, 2.24) is 0 Å². The summed E-state index contributed by atoms with van der Waals surface area (Å²) in [7, 11) is 4.46. The van der Waals surface area contributed by atoms with Crippen molar-refractivity contribution < 1.29 is 10.2 Å². The summed E-state index contributed by atoms with van der Waals surface area (Å²) < 4.78 is 0. The first-order valence-corrected chi connectivity index (χ1v) is 1.06. The van der Waals surface area contributed by atoms with Gasteiger partial charge < -0.3 is 10.2 Å². The van der Waals surface area contributed by atoms with Crippen LogP contribution in [0.5, 0.6) is 0 Å². The van der Waals surface area contributed by atoms with E-state index < -0.39 is 5.66 Å². The fraction of sp³-hybridized carbons (Fsp3) is 0. The normalized spacial score (nSPS) is 11.6. The molecule has 2 nitrogen and oxygen atoms in total. The minimum absolute atomic E-state index is 0.417. The molecule has 0 rings (SSSR count). The molecule has 0 unspecified atom stereocenters. The molecule has 0 aromatic rings. The summed E-state index contributed by atoms with van der Waals surface area (Å²) in [6, 6.07) is 0. The maximum Gasteiger partial charge on any atom is 0.170 e. The van der Waals surface area contributed by atoms with Gasteiger partial charge in [-0.2, -0.15) is 0 Å². The lowest BCUT2D eigenvalue weighted by molar-refractivity contribution is 0.392. The average Bonchev–Trinajstić information content (AvgIpc) is 1.38. The zero-order chi connectivity index (χ0) is 4.28. The third kappa shape index (κ3) is 3.40.